The molecule has 1 amide bonds. The standard InChI is InChI=1S/C19H25NO5/c1-11(2)24-10-16(18(21)22)25-19(23)20-17-14-7-3-5-12(14)9-13-6-4-8-15(13)17/h9,11,16H,3-8,10H2,1-2H3,(H,20,23)(H,21,22). The van der Waals surface area contributed by atoms with E-state index < -0.39 is 18.2 Å². The van der Waals surface area contributed by atoms with Crippen molar-refractivity contribution in [3.8, 4) is 0 Å². The Hall–Kier alpha value is -2.08. The molecule has 0 bridgehead atoms. The van der Waals surface area contributed by atoms with Gasteiger partial charge in [-0.15, -0.1) is 0 Å². The number of rotatable bonds is 6. The van der Waals surface area contributed by atoms with Gasteiger partial charge in [-0.1, -0.05) is 6.07 Å². The van der Waals surface area contributed by atoms with E-state index in [4.69, 9.17) is 9.47 Å². The van der Waals surface area contributed by atoms with Gasteiger partial charge < -0.3 is 14.6 Å². The summed E-state index contributed by atoms with van der Waals surface area (Å²) in [5.74, 6) is -1.21. The van der Waals surface area contributed by atoms with Gasteiger partial charge >= 0.3 is 12.1 Å². The van der Waals surface area contributed by atoms with Gasteiger partial charge in [-0.3, -0.25) is 5.32 Å². The lowest BCUT2D eigenvalue weighted by molar-refractivity contribution is -0.150. The van der Waals surface area contributed by atoms with Gasteiger partial charge in [0.1, 0.15) is 0 Å². The normalized spacial score (nSPS) is 16.4. The molecule has 0 saturated carbocycles. The predicted molar refractivity (Wildman–Crippen MR) is 93.1 cm³/mol. The van der Waals surface area contributed by atoms with E-state index in [9.17, 15) is 14.7 Å². The molecule has 2 aliphatic rings. The summed E-state index contributed by atoms with van der Waals surface area (Å²) in [5.41, 5.74) is 5.81. The largest absolute Gasteiger partial charge is 0.478 e. The first-order chi connectivity index (χ1) is 12.0. The molecule has 1 atom stereocenters. The lowest BCUT2D eigenvalue weighted by atomic mass is 9.99. The minimum absolute atomic E-state index is 0.130. The maximum absolute atomic E-state index is 12.3. The molecule has 6 nitrogen and oxygen atoms in total. The third-order valence-corrected chi connectivity index (χ3v) is 4.81. The van der Waals surface area contributed by atoms with Crippen LogP contribution in [0.3, 0.4) is 0 Å². The number of hydrogen-bond donors (Lipinski definition) is 2. The number of nitrogens with one attached hydrogen (secondary N) is 1. The van der Waals surface area contributed by atoms with Crippen molar-refractivity contribution in [2.24, 2.45) is 0 Å². The summed E-state index contributed by atoms with van der Waals surface area (Å²) in [4.78, 5) is 23.6. The molecule has 1 aromatic carbocycles. The molecule has 1 aromatic rings. The molecule has 6 heteroatoms. The smallest absolute Gasteiger partial charge is 0.412 e. The van der Waals surface area contributed by atoms with Crippen molar-refractivity contribution in [2.45, 2.75) is 64.6 Å². The van der Waals surface area contributed by atoms with Gasteiger partial charge in [-0.05, 0) is 74.6 Å². The van der Waals surface area contributed by atoms with Crippen LogP contribution in [0.15, 0.2) is 6.07 Å². The third-order valence-electron chi connectivity index (χ3n) is 4.81. The number of amides is 1. The van der Waals surface area contributed by atoms with Crippen molar-refractivity contribution >= 4 is 17.7 Å². The van der Waals surface area contributed by atoms with E-state index in [1.54, 1.807) is 13.8 Å². The quantitative estimate of drug-likeness (QED) is 0.826. The number of benzene rings is 1. The number of aryl methyl sites for hydroxylation is 2. The minimum atomic E-state index is -1.31. The zero-order valence-corrected chi connectivity index (χ0v) is 14.8. The second-order valence-electron chi connectivity index (χ2n) is 6.97. The van der Waals surface area contributed by atoms with E-state index in [1.807, 2.05) is 0 Å². The number of aliphatic carboxylic acids is 1. The molecule has 0 heterocycles. The van der Waals surface area contributed by atoms with Crippen LogP contribution in [0.1, 0.15) is 48.9 Å². The van der Waals surface area contributed by atoms with Gasteiger partial charge in [0.05, 0.1) is 18.4 Å². The van der Waals surface area contributed by atoms with E-state index in [2.05, 4.69) is 11.4 Å². The van der Waals surface area contributed by atoms with E-state index in [0.29, 0.717) is 0 Å². The van der Waals surface area contributed by atoms with Crippen LogP contribution in [0.2, 0.25) is 0 Å². The van der Waals surface area contributed by atoms with Gasteiger partial charge in [0, 0.05) is 0 Å². The summed E-state index contributed by atoms with van der Waals surface area (Å²) in [6.07, 6.45) is 3.95. The Morgan fingerprint density at radius 2 is 1.72 bits per heavy atom. The summed E-state index contributed by atoms with van der Waals surface area (Å²) < 4.78 is 10.4. The highest BCUT2D eigenvalue weighted by atomic mass is 16.6. The van der Waals surface area contributed by atoms with Gasteiger partial charge in [-0.2, -0.15) is 0 Å². The minimum Gasteiger partial charge on any atom is -0.478 e. The van der Waals surface area contributed by atoms with Crippen LogP contribution in [-0.2, 0) is 40.0 Å². The first kappa shape index (κ1) is 17.7. The molecule has 3 rings (SSSR count). The molecule has 0 aromatic heterocycles. The van der Waals surface area contributed by atoms with Crippen LogP contribution < -0.4 is 5.32 Å². The van der Waals surface area contributed by atoms with Crippen LogP contribution in [0.25, 0.3) is 0 Å². The van der Waals surface area contributed by atoms with Crippen molar-refractivity contribution in [3.05, 3.63) is 28.3 Å². The molecule has 0 radical (unpaired) electrons. The van der Waals surface area contributed by atoms with Gasteiger partial charge in [0.25, 0.3) is 0 Å². The Morgan fingerprint density at radius 3 is 2.24 bits per heavy atom. The van der Waals surface area contributed by atoms with E-state index in [1.165, 1.54) is 22.3 Å². The molecule has 1 unspecified atom stereocenters. The number of carboxylic acid groups (broad SMARTS) is 1. The lowest BCUT2D eigenvalue weighted by Crippen LogP contribution is -2.34. The number of fused-ring (bicyclic) bond motifs is 2. The van der Waals surface area contributed by atoms with Crippen LogP contribution >= 0.6 is 0 Å². The highest BCUT2D eigenvalue weighted by Gasteiger charge is 2.27. The molecule has 25 heavy (non-hydrogen) atoms. The SMILES string of the molecule is CC(C)OCC(OC(=O)Nc1c2c(cc3c1CCC3)CCC2)C(=O)O. The molecule has 0 spiro atoms. The Morgan fingerprint density at radius 1 is 1.12 bits per heavy atom. The predicted octanol–water partition coefficient (Wildman–Crippen LogP) is 3.09. The van der Waals surface area contributed by atoms with E-state index >= 15 is 0 Å². The highest BCUT2D eigenvalue weighted by Crippen LogP contribution is 2.38. The number of carbonyl (C=O) groups excluding carboxylic acids is 1. The van der Waals surface area contributed by atoms with Crippen molar-refractivity contribution in [1.82, 2.24) is 0 Å². The zero-order valence-electron chi connectivity index (χ0n) is 14.8. The maximum atomic E-state index is 12.3. The van der Waals surface area contributed by atoms with Crippen LogP contribution in [0, 0.1) is 0 Å². The second kappa shape index (κ2) is 7.44. The average molecular weight is 347 g/mol. The molecule has 0 aliphatic heterocycles. The fraction of sp³-hybridized carbons (Fsp3) is 0.579. The number of anilines is 1. The maximum Gasteiger partial charge on any atom is 0.412 e. The first-order valence-electron chi connectivity index (χ1n) is 8.94. The number of ether oxygens (including phenoxy) is 2. The number of carboxylic acids is 1. The number of carbonyl (C=O) groups is 2. The molecule has 2 aliphatic carbocycles. The second-order valence-corrected chi connectivity index (χ2v) is 6.97. The van der Waals surface area contributed by atoms with Crippen molar-refractivity contribution in [3.63, 3.8) is 0 Å². The van der Waals surface area contributed by atoms with Crippen LogP contribution in [-0.4, -0.2) is 36.0 Å². The van der Waals surface area contributed by atoms with Crippen molar-refractivity contribution in [2.75, 3.05) is 11.9 Å². The molecule has 136 valence electrons. The summed E-state index contributed by atoms with van der Waals surface area (Å²) >= 11 is 0. The Bertz CT molecular complexity index is 651. The molecular weight excluding hydrogens is 322 g/mol. The fourth-order valence-electron chi connectivity index (χ4n) is 3.66. The summed E-state index contributed by atoms with van der Waals surface area (Å²) in [5, 5.41) is 12.1. The highest BCUT2D eigenvalue weighted by molar-refractivity contribution is 5.90. The van der Waals surface area contributed by atoms with Crippen molar-refractivity contribution < 1.29 is 24.2 Å². The Kier molecular flexibility index (Phi) is 5.27. The van der Waals surface area contributed by atoms with Gasteiger partial charge in [-0.25, -0.2) is 9.59 Å². The number of hydrogen-bond acceptors (Lipinski definition) is 4. The van der Waals surface area contributed by atoms with Crippen molar-refractivity contribution in [1.29, 1.82) is 0 Å². The third kappa shape index (κ3) is 3.95. The van der Waals surface area contributed by atoms with E-state index in [-0.39, 0.29) is 12.7 Å². The summed E-state index contributed by atoms with van der Waals surface area (Å²) in [6, 6.07) is 2.28. The Balaban J connectivity index is 1.74. The monoisotopic (exact) mass is 347 g/mol. The van der Waals surface area contributed by atoms with E-state index in [0.717, 1.165) is 44.2 Å². The Labute approximate surface area is 147 Å². The summed E-state index contributed by atoms with van der Waals surface area (Å²) in [7, 11) is 0. The molecule has 2 N–H and O–H groups in total. The van der Waals surface area contributed by atoms with Crippen LogP contribution in [0.5, 0.6) is 0 Å². The lowest BCUT2D eigenvalue weighted by Gasteiger charge is -2.19. The fourth-order valence-corrected chi connectivity index (χ4v) is 3.66. The van der Waals surface area contributed by atoms with Crippen LogP contribution in [0.4, 0.5) is 10.5 Å². The first-order valence-corrected chi connectivity index (χ1v) is 8.94. The molecule has 0 fully saturated rings. The van der Waals surface area contributed by atoms with Gasteiger partial charge in [0.15, 0.2) is 0 Å². The van der Waals surface area contributed by atoms with Gasteiger partial charge in [0.2, 0.25) is 6.10 Å². The molecular formula is C19H25NO5. The topological polar surface area (TPSA) is 84.9 Å². The average Bonchev–Trinajstić information content (AvgIpc) is 3.19. The summed E-state index contributed by atoms with van der Waals surface area (Å²) in [6.45, 7) is 3.44. The molecule has 0 saturated heterocycles. The zero-order chi connectivity index (χ0) is 18.0.